The Labute approximate surface area is 132 Å². The van der Waals surface area contributed by atoms with Crippen LogP contribution in [-0.4, -0.2) is 31.6 Å². The van der Waals surface area contributed by atoms with E-state index < -0.39 is 6.10 Å². The van der Waals surface area contributed by atoms with E-state index in [2.05, 4.69) is 16.7 Å². The van der Waals surface area contributed by atoms with Crippen molar-refractivity contribution in [1.29, 1.82) is 0 Å². The number of hydrogen-bond acceptors (Lipinski definition) is 3. The van der Waals surface area contributed by atoms with Gasteiger partial charge in [-0.15, -0.1) is 12.4 Å². The van der Waals surface area contributed by atoms with Crippen molar-refractivity contribution in [3.05, 3.63) is 41.5 Å². The number of amides is 1. The van der Waals surface area contributed by atoms with Crippen molar-refractivity contribution in [2.45, 2.75) is 26.4 Å². The molecule has 1 aromatic rings. The standard InChI is InChI=1S/C16H22N2O2.ClH/c1-12-4-3-5-15(10-12)20-13(2)16(19)18-11-14-6-8-17-9-7-14;/h3-6,10,13,17H,7-9,11H2,1-2H3,(H,18,19);1H. The lowest BCUT2D eigenvalue weighted by atomic mass is 10.1. The predicted molar refractivity (Wildman–Crippen MR) is 87.1 cm³/mol. The normalized spacial score (nSPS) is 15.4. The van der Waals surface area contributed by atoms with Gasteiger partial charge in [-0.1, -0.05) is 23.8 Å². The fraction of sp³-hybridized carbons (Fsp3) is 0.438. The van der Waals surface area contributed by atoms with Gasteiger partial charge in [0.15, 0.2) is 6.10 Å². The lowest BCUT2D eigenvalue weighted by molar-refractivity contribution is -0.127. The zero-order valence-electron chi connectivity index (χ0n) is 12.5. The first-order valence-corrected chi connectivity index (χ1v) is 7.05. The number of rotatable bonds is 5. The highest BCUT2D eigenvalue weighted by Gasteiger charge is 2.15. The van der Waals surface area contributed by atoms with Gasteiger partial charge in [0.1, 0.15) is 5.75 Å². The topological polar surface area (TPSA) is 50.4 Å². The Morgan fingerprint density at radius 2 is 2.29 bits per heavy atom. The molecular formula is C16H23ClN2O2. The smallest absolute Gasteiger partial charge is 0.261 e. The van der Waals surface area contributed by atoms with Gasteiger partial charge in [-0.05, 0) is 44.5 Å². The van der Waals surface area contributed by atoms with Gasteiger partial charge >= 0.3 is 0 Å². The van der Waals surface area contributed by atoms with Gasteiger partial charge in [-0.2, -0.15) is 0 Å². The number of benzene rings is 1. The van der Waals surface area contributed by atoms with Crippen LogP contribution in [0.1, 0.15) is 18.9 Å². The summed E-state index contributed by atoms with van der Waals surface area (Å²) >= 11 is 0. The molecule has 0 radical (unpaired) electrons. The molecular weight excluding hydrogens is 288 g/mol. The molecule has 5 heteroatoms. The van der Waals surface area contributed by atoms with Crippen LogP contribution in [0, 0.1) is 6.92 Å². The Kier molecular flexibility index (Phi) is 7.26. The number of halogens is 1. The third-order valence-corrected chi connectivity index (χ3v) is 3.32. The Morgan fingerprint density at radius 3 is 2.95 bits per heavy atom. The van der Waals surface area contributed by atoms with Crippen LogP contribution in [0.3, 0.4) is 0 Å². The minimum Gasteiger partial charge on any atom is -0.481 e. The molecule has 0 aromatic heterocycles. The second-order valence-corrected chi connectivity index (χ2v) is 5.11. The first kappa shape index (κ1) is 17.5. The molecule has 1 amide bonds. The highest BCUT2D eigenvalue weighted by Crippen LogP contribution is 2.14. The predicted octanol–water partition coefficient (Wildman–Crippen LogP) is 2.22. The van der Waals surface area contributed by atoms with Crippen LogP contribution in [0.5, 0.6) is 5.75 Å². The first-order valence-electron chi connectivity index (χ1n) is 7.05. The molecule has 116 valence electrons. The Morgan fingerprint density at radius 1 is 1.48 bits per heavy atom. The number of aryl methyl sites for hydroxylation is 1. The van der Waals surface area contributed by atoms with Gasteiger partial charge in [-0.25, -0.2) is 0 Å². The van der Waals surface area contributed by atoms with E-state index in [-0.39, 0.29) is 18.3 Å². The molecule has 1 unspecified atom stereocenters. The molecule has 0 fully saturated rings. The number of carbonyl (C=O) groups is 1. The first-order chi connectivity index (χ1) is 9.65. The summed E-state index contributed by atoms with van der Waals surface area (Å²) in [6.07, 6.45) is 2.64. The summed E-state index contributed by atoms with van der Waals surface area (Å²) < 4.78 is 5.65. The molecule has 1 aliphatic rings. The van der Waals surface area contributed by atoms with Gasteiger partial charge < -0.3 is 15.4 Å². The second-order valence-electron chi connectivity index (χ2n) is 5.11. The summed E-state index contributed by atoms with van der Waals surface area (Å²) in [4.78, 5) is 12.0. The molecule has 0 bridgehead atoms. The van der Waals surface area contributed by atoms with Crippen molar-refractivity contribution >= 4 is 18.3 Å². The fourth-order valence-corrected chi connectivity index (χ4v) is 2.12. The van der Waals surface area contributed by atoms with Crippen molar-refractivity contribution in [3.63, 3.8) is 0 Å². The van der Waals surface area contributed by atoms with Crippen molar-refractivity contribution in [3.8, 4) is 5.75 Å². The Balaban J connectivity index is 0.00000220. The average Bonchev–Trinajstić information content (AvgIpc) is 2.46. The molecule has 1 aromatic carbocycles. The van der Waals surface area contributed by atoms with Crippen molar-refractivity contribution in [2.24, 2.45) is 0 Å². The number of carbonyl (C=O) groups excluding carboxylic acids is 1. The maximum Gasteiger partial charge on any atom is 0.261 e. The van der Waals surface area contributed by atoms with Crippen LogP contribution in [-0.2, 0) is 4.79 Å². The van der Waals surface area contributed by atoms with Crippen LogP contribution in [0.4, 0.5) is 0 Å². The monoisotopic (exact) mass is 310 g/mol. The van der Waals surface area contributed by atoms with Crippen LogP contribution in [0.2, 0.25) is 0 Å². The lowest BCUT2D eigenvalue weighted by Crippen LogP contribution is -2.38. The molecule has 1 aliphatic heterocycles. The van der Waals surface area contributed by atoms with Crippen molar-refractivity contribution in [2.75, 3.05) is 19.6 Å². The zero-order valence-corrected chi connectivity index (χ0v) is 13.3. The highest BCUT2D eigenvalue weighted by molar-refractivity contribution is 5.85. The van der Waals surface area contributed by atoms with Crippen molar-refractivity contribution in [1.82, 2.24) is 10.6 Å². The van der Waals surface area contributed by atoms with Crippen molar-refractivity contribution < 1.29 is 9.53 Å². The van der Waals surface area contributed by atoms with E-state index in [9.17, 15) is 4.79 Å². The van der Waals surface area contributed by atoms with Gasteiger partial charge in [0.2, 0.25) is 0 Å². The molecule has 0 spiro atoms. The molecule has 4 nitrogen and oxygen atoms in total. The maximum absolute atomic E-state index is 12.0. The SMILES string of the molecule is Cc1cccc(OC(C)C(=O)NCC2=CCNCC2)c1.Cl. The summed E-state index contributed by atoms with van der Waals surface area (Å²) in [6, 6.07) is 7.72. The van der Waals surface area contributed by atoms with E-state index in [1.165, 1.54) is 5.57 Å². The van der Waals surface area contributed by atoms with E-state index in [0.717, 1.165) is 30.8 Å². The number of hydrogen-bond donors (Lipinski definition) is 2. The molecule has 0 saturated carbocycles. The van der Waals surface area contributed by atoms with E-state index in [1.54, 1.807) is 6.92 Å². The zero-order chi connectivity index (χ0) is 14.4. The number of nitrogens with one attached hydrogen (secondary N) is 2. The fourth-order valence-electron chi connectivity index (χ4n) is 2.12. The summed E-state index contributed by atoms with van der Waals surface area (Å²) in [6.45, 7) is 6.26. The Bertz CT molecular complexity index is 503. The summed E-state index contributed by atoms with van der Waals surface area (Å²) in [7, 11) is 0. The second kappa shape index (κ2) is 8.70. The van der Waals surface area contributed by atoms with Gasteiger partial charge in [0.25, 0.3) is 5.91 Å². The van der Waals surface area contributed by atoms with Crippen LogP contribution < -0.4 is 15.4 Å². The highest BCUT2D eigenvalue weighted by atomic mass is 35.5. The summed E-state index contributed by atoms with van der Waals surface area (Å²) in [5, 5.41) is 6.18. The molecule has 0 saturated heterocycles. The van der Waals surface area contributed by atoms with E-state index in [4.69, 9.17) is 4.74 Å². The summed E-state index contributed by atoms with van der Waals surface area (Å²) in [5.74, 6) is 0.652. The Hall–Kier alpha value is -1.52. The van der Waals surface area contributed by atoms with Gasteiger partial charge in [0, 0.05) is 13.1 Å². The van der Waals surface area contributed by atoms with E-state index in [1.807, 2.05) is 31.2 Å². The van der Waals surface area contributed by atoms with E-state index >= 15 is 0 Å². The molecule has 2 rings (SSSR count). The van der Waals surface area contributed by atoms with Crippen LogP contribution in [0.25, 0.3) is 0 Å². The van der Waals surface area contributed by atoms with E-state index in [0.29, 0.717) is 6.54 Å². The molecule has 2 N–H and O–H groups in total. The molecule has 21 heavy (non-hydrogen) atoms. The average molecular weight is 311 g/mol. The minimum atomic E-state index is -0.487. The van der Waals surface area contributed by atoms with Gasteiger partial charge in [-0.3, -0.25) is 4.79 Å². The summed E-state index contributed by atoms with van der Waals surface area (Å²) in [5.41, 5.74) is 2.40. The third-order valence-electron chi connectivity index (χ3n) is 3.32. The quantitative estimate of drug-likeness (QED) is 0.820. The third kappa shape index (κ3) is 5.78. The number of ether oxygens (including phenoxy) is 1. The molecule has 1 heterocycles. The minimum absolute atomic E-state index is 0. The lowest BCUT2D eigenvalue weighted by Gasteiger charge is -2.17. The molecule has 0 aliphatic carbocycles. The maximum atomic E-state index is 12.0. The largest absolute Gasteiger partial charge is 0.481 e. The van der Waals surface area contributed by atoms with Gasteiger partial charge in [0.05, 0.1) is 0 Å². The van der Waals surface area contributed by atoms with Crippen LogP contribution in [0.15, 0.2) is 35.9 Å². The van der Waals surface area contributed by atoms with Crippen LogP contribution >= 0.6 is 12.4 Å². The molecule has 1 atom stereocenters.